The van der Waals surface area contributed by atoms with Gasteiger partial charge in [-0.05, 0) is 30.7 Å². The first-order valence-electron chi connectivity index (χ1n) is 4.93. The monoisotopic (exact) mass is 209 g/mol. The molecule has 1 fully saturated rings. The highest BCUT2D eigenvalue weighted by atomic mass is 32.2. The molecule has 1 saturated heterocycles. The van der Waals surface area contributed by atoms with Crippen LogP contribution >= 0.6 is 11.8 Å². The lowest BCUT2D eigenvalue weighted by atomic mass is 10.2. The summed E-state index contributed by atoms with van der Waals surface area (Å²) in [4.78, 5) is 0. The number of thioether (sulfide) groups is 1. The zero-order valence-electron chi connectivity index (χ0n) is 8.23. The van der Waals surface area contributed by atoms with Crippen molar-refractivity contribution in [3.05, 3.63) is 29.8 Å². The lowest BCUT2D eigenvalue weighted by Crippen LogP contribution is -2.28. The van der Waals surface area contributed by atoms with E-state index < -0.39 is 0 Å². The number of phenols is 1. The summed E-state index contributed by atoms with van der Waals surface area (Å²) in [5.74, 6) is 0.350. The van der Waals surface area contributed by atoms with Gasteiger partial charge in [0.05, 0.1) is 5.37 Å². The van der Waals surface area contributed by atoms with E-state index in [1.807, 2.05) is 23.9 Å². The fraction of sp³-hybridized carbons (Fsp3) is 0.455. The fourth-order valence-electron chi connectivity index (χ4n) is 1.65. The molecule has 1 aromatic carbocycles. The lowest BCUT2D eigenvalue weighted by Gasteiger charge is -2.28. The molecule has 2 nitrogen and oxygen atoms in total. The van der Waals surface area contributed by atoms with Crippen LogP contribution < -0.4 is 5.32 Å². The van der Waals surface area contributed by atoms with Gasteiger partial charge in [-0.2, -0.15) is 0 Å². The predicted octanol–water partition coefficient (Wildman–Crippen LogP) is 2.51. The predicted molar refractivity (Wildman–Crippen MR) is 60.5 cm³/mol. The second kappa shape index (κ2) is 4.24. The van der Waals surface area contributed by atoms with E-state index in [1.165, 1.54) is 12.0 Å². The molecule has 76 valence electrons. The second-order valence-electron chi connectivity index (χ2n) is 3.66. The van der Waals surface area contributed by atoms with Crippen molar-refractivity contribution >= 4 is 11.8 Å². The highest BCUT2D eigenvalue weighted by molar-refractivity contribution is 8.00. The summed E-state index contributed by atoms with van der Waals surface area (Å²) in [6.45, 7) is 3.32. The Bertz CT molecular complexity index is 316. The highest BCUT2D eigenvalue weighted by Crippen LogP contribution is 2.35. The zero-order chi connectivity index (χ0) is 9.97. The van der Waals surface area contributed by atoms with Gasteiger partial charge in [0.1, 0.15) is 5.75 Å². The van der Waals surface area contributed by atoms with Gasteiger partial charge in [0.15, 0.2) is 0 Å². The van der Waals surface area contributed by atoms with Gasteiger partial charge >= 0.3 is 0 Å². The van der Waals surface area contributed by atoms with Crippen LogP contribution in [0.4, 0.5) is 0 Å². The summed E-state index contributed by atoms with van der Waals surface area (Å²) in [5, 5.41) is 13.9. The van der Waals surface area contributed by atoms with Crippen molar-refractivity contribution < 1.29 is 5.11 Å². The van der Waals surface area contributed by atoms with Crippen molar-refractivity contribution in [2.45, 2.75) is 24.0 Å². The van der Waals surface area contributed by atoms with Gasteiger partial charge in [0, 0.05) is 5.25 Å². The quantitative estimate of drug-likeness (QED) is 0.745. The maximum absolute atomic E-state index is 9.37. The van der Waals surface area contributed by atoms with Gasteiger partial charge < -0.3 is 10.4 Å². The van der Waals surface area contributed by atoms with Crippen LogP contribution in [0.1, 0.15) is 24.3 Å². The Morgan fingerprint density at radius 2 is 2.36 bits per heavy atom. The van der Waals surface area contributed by atoms with E-state index in [1.54, 1.807) is 6.07 Å². The van der Waals surface area contributed by atoms with Crippen LogP contribution in [0.3, 0.4) is 0 Å². The van der Waals surface area contributed by atoms with Crippen LogP contribution in [-0.4, -0.2) is 16.9 Å². The smallest absolute Gasteiger partial charge is 0.115 e. The number of nitrogens with one attached hydrogen (secondary N) is 1. The summed E-state index contributed by atoms with van der Waals surface area (Å²) in [7, 11) is 0. The molecule has 1 aliphatic rings. The van der Waals surface area contributed by atoms with Crippen molar-refractivity contribution in [1.82, 2.24) is 5.32 Å². The minimum atomic E-state index is 0.339. The van der Waals surface area contributed by atoms with Gasteiger partial charge in [-0.25, -0.2) is 0 Å². The Balaban J connectivity index is 2.14. The Kier molecular flexibility index (Phi) is 2.99. The first-order chi connectivity index (χ1) is 6.75. The number of phenolic OH excluding ortho intramolecular Hbond substituents is 1. The third-order valence-electron chi connectivity index (χ3n) is 2.42. The minimum Gasteiger partial charge on any atom is -0.508 e. The third kappa shape index (κ3) is 2.22. The Morgan fingerprint density at radius 1 is 1.50 bits per heavy atom. The van der Waals surface area contributed by atoms with Crippen molar-refractivity contribution in [3.8, 4) is 5.75 Å². The van der Waals surface area contributed by atoms with Crippen LogP contribution in [0.15, 0.2) is 24.3 Å². The molecule has 14 heavy (non-hydrogen) atoms. The molecule has 0 spiro atoms. The van der Waals surface area contributed by atoms with Crippen molar-refractivity contribution in [2.75, 3.05) is 6.54 Å². The topological polar surface area (TPSA) is 32.3 Å². The summed E-state index contributed by atoms with van der Waals surface area (Å²) >= 11 is 1.93. The molecule has 2 rings (SSSR count). The standard InChI is InChI=1S/C11H15NOS/c1-8-5-6-12-11(14-8)9-3-2-4-10(13)7-9/h2-4,7-8,11-13H,5-6H2,1H3. The van der Waals surface area contributed by atoms with Crippen molar-refractivity contribution in [2.24, 2.45) is 0 Å². The molecule has 0 aromatic heterocycles. The van der Waals surface area contributed by atoms with Crippen LogP contribution in [-0.2, 0) is 0 Å². The molecule has 2 N–H and O–H groups in total. The molecule has 0 radical (unpaired) electrons. The highest BCUT2D eigenvalue weighted by Gasteiger charge is 2.20. The minimum absolute atomic E-state index is 0.339. The molecule has 0 bridgehead atoms. The van der Waals surface area contributed by atoms with Crippen LogP contribution in [0.25, 0.3) is 0 Å². The van der Waals surface area contributed by atoms with Gasteiger partial charge in [-0.3, -0.25) is 0 Å². The van der Waals surface area contributed by atoms with Gasteiger partial charge in [0.2, 0.25) is 0 Å². The first-order valence-corrected chi connectivity index (χ1v) is 5.88. The maximum atomic E-state index is 9.37. The Labute approximate surface area is 88.7 Å². The maximum Gasteiger partial charge on any atom is 0.115 e. The van der Waals surface area contributed by atoms with E-state index >= 15 is 0 Å². The second-order valence-corrected chi connectivity index (χ2v) is 5.21. The molecule has 3 heteroatoms. The Morgan fingerprint density at radius 3 is 3.07 bits per heavy atom. The number of hydrogen-bond donors (Lipinski definition) is 2. The fourth-order valence-corrected chi connectivity index (χ4v) is 2.89. The molecule has 0 amide bonds. The summed E-state index contributed by atoms with van der Waals surface area (Å²) in [6, 6.07) is 7.50. The normalized spacial score (nSPS) is 27.5. The molecule has 1 heterocycles. The first kappa shape index (κ1) is 9.87. The van der Waals surface area contributed by atoms with E-state index in [9.17, 15) is 5.11 Å². The number of hydrogen-bond acceptors (Lipinski definition) is 3. The Hall–Kier alpha value is -0.670. The molecule has 2 unspecified atom stereocenters. The van der Waals surface area contributed by atoms with Crippen molar-refractivity contribution in [1.29, 1.82) is 0 Å². The largest absolute Gasteiger partial charge is 0.508 e. The van der Waals surface area contributed by atoms with Gasteiger partial charge in [-0.15, -0.1) is 11.8 Å². The summed E-state index contributed by atoms with van der Waals surface area (Å²) in [6.07, 6.45) is 1.22. The van der Waals surface area contributed by atoms with E-state index in [2.05, 4.69) is 18.3 Å². The molecule has 0 aliphatic carbocycles. The molecular weight excluding hydrogens is 194 g/mol. The van der Waals surface area contributed by atoms with Crippen LogP contribution in [0.2, 0.25) is 0 Å². The molecule has 1 aliphatic heterocycles. The van der Waals surface area contributed by atoms with Gasteiger partial charge in [-0.1, -0.05) is 19.1 Å². The SMILES string of the molecule is CC1CCNC(c2cccc(O)c2)S1. The summed E-state index contributed by atoms with van der Waals surface area (Å²) < 4.78 is 0. The third-order valence-corrected chi connectivity index (χ3v) is 3.83. The average Bonchev–Trinajstić information content (AvgIpc) is 2.18. The molecule has 0 saturated carbocycles. The number of aromatic hydroxyl groups is 1. The number of benzene rings is 1. The molecule has 1 aromatic rings. The lowest BCUT2D eigenvalue weighted by molar-refractivity contribution is 0.473. The summed E-state index contributed by atoms with van der Waals surface area (Å²) in [5.41, 5.74) is 1.17. The van der Waals surface area contributed by atoms with Crippen molar-refractivity contribution in [3.63, 3.8) is 0 Å². The number of rotatable bonds is 1. The van der Waals surface area contributed by atoms with Gasteiger partial charge in [0.25, 0.3) is 0 Å². The van der Waals surface area contributed by atoms with Crippen LogP contribution in [0, 0.1) is 0 Å². The van der Waals surface area contributed by atoms with E-state index in [0.29, 0.717) is 16.4 Å². The molecule has 2 atom stereocenters. The zero-order valence-corrected chi connectivity index (χ0v) is 9.05. The van der Waals surface area contributed by atoms with E-state index in [-0.39, 0.29) is 0 Å². The van der Waals surface area contributed by atoms with E-state index in [4.69, 9.17) is 0 Å². The van der Waals surface area contributed by atoms with Crippen LogP contribution in [0.5, 0.6) is 5.75 Å². The average molecular weight is 209 g/mol. The van der Waals surface area contributed by atoms with E-state index in [0.717, 1.165) is 6.54 Å². The molecular formula is C11H15NOS.